The number of halogens is 1. The number of guanidine groups is 1. The zero-order valence-electron chi connectivity index (χ0n) is 13.7. The zero-order valence-corrected chi connectivity index (χ0v) is 13.7. The molecule has 4 nitrogen and oxygen atoms in total. The molecule has 0 bridgehead atoms. The van der Waals surface area contributed by atoms with Gasteiger partial charge < -0.3 is 0 Å². The molecule has 3 aromatic carbocycles. The monoisotopic (exact) mass is 343 g/mol. The molecule has 1 heterocycles. The van der Waals surface area contributed by atoms with Gasteiger partial charge in [-0.3, -0.25) is 4.79 Å². The largest absolute Gasteiger partial charge is 0.284 e. The third kappa shape index (κ3) is 3.02. The van der Waals surface area contributed by atoms with Crippen molar-refractivity contribution in [1.29, 1.82) is 0 Å². The van der Waals surface area contributed by atoms with Crippen LogP contribution in [0, 0.1) is 5.82 Å². The minimum Gasteiger partial charge on any atom is -0.266 e. The molecule has 1 aliphatic heterocycles. The van der Waals surface area contributed by atoms with Gasteiger partial charge in [0.15, 0.2) is 0 Å². The standard InChI is InChI=1S/C21H14FN3O/c22-16-13-11-15(12-14-16)19-20(26)25(18-9-5-2-6-10-18)21(24-19)23-17-7-3-1-4-8-17/h1-14H. The van der Waals surface area contributed by atoms with Gasteiger partial charge in [-0.05, 0) is 48.5 Å². The maximum absolute atomic E-state index is 13.2. The summed E-state index contributed by atoms with van der Waals surface area (Å²) < 4.78 is 13.2. The first-order chi connectivity index (χ1) is 12.7. The number of aliphatic imine (C=N–C) groups is 2. The van der Waals surface area contributed by atoms with Crippen LogP contribution in [-0.2, 0) is 4.79 Å². The highest BCUT2D eigenvalue weighted by atomic mass is 19.1. The fourth-order valence-corrected chi connectivity index (χ4v) is 2.69. The van der Waals surface area contributed by atoms with Gasteiger partial charge in [0.1, 0.15) is 11.5 Å². The molecule has 5 heteroatoms. The third-order valence-electron chi connectivity index (χ3n) is 3.93. The second-order valence-electron chi connectivity index (χ2n) is 5.69. The van der Waals surface area contributed by atoms with Gasteiger partial charge in [-0.15, -0.1) is 0 Å². The molecule has 0 saturated heterocycles. The number of anilines is 1. The highest BCUT2D eigenvalue weighted by Gasteiger charge is 2.33. The summed E-state index contributed by atoms with van der Waals surface area (Å²) in [4.78, 5) is 23.4. The number of para-hydroxylation sites is 2. The second kappa shape index (κ2) is 6.72. The van der Waals surface area contributed by atoms with E-state index >= 15 is 0 Å². The van der Waals surface area contributed by atoms with E-state index in [1.165, 1.54) is 17.0 Å². The van der Waals surface area contributed by atoms with Crippen LogP contribution in [0.4, 0.5) is 15.8 Å². The van der Waals surface area contributed by atoms with E-state index < -0.39 is 0 Å². The Balaban J connectivity index is 1.82. The molecule has 0 fully saturated rings. The van der Waals surface area contributed by atoms with Crippen LogP contribution in [0.5, 0.6) is 0 Å². The van der Waals surface area contributed by atoms with Crippen LogP contribution >= 0.6 is 0 Å². The highest BCUT2D eigenvalue weighted by molar-refractivity contribution is 6.58. The van der Waals surface area contributed by atoms with Crippen LogP contribution < -0.4 is 4.90 Å². The molecule has 0 radical (unpaired) electrons. The number of hydrogen-bond acceptors (Lipinski definition) is 2. The van der Waals surface area contributed by atoms with Crippen LogP contribution in [0.25, 0.3) is 0 Å². The molecule has 1 amide bonds. The smallest absolute Gasteiger partial charge is 0.266 e. The van der Waals surface area contributed by atoms with Crippen molar-refractivity contribution in [3.05, 3.63) is 96.3 Å². The summed E-state index contributed by atoms with van der Waals surface area (Å²) in [6, 6.07) is 24.2. The van der Waals surface area contributed by atoms with Gasteiger partial charge in [0, 0.05) is 5.56 Å². The lowest BCUT2D eigenvalue weighted by Gasteiger charge is -2.15. The number of amides is 1. The lowest BCUT2D eigenvalue weighted by atomic mass is 10.1. The first-order valence-corrected chi connectivity index (χ1v) is 8.10. The Labute approximate surface area is 150 Å². The minimum atomic E-state index is -0.363. The summed E-state index contributed by atoms with van der Waals surface area (Å²) in [6.45, 7) is 0. The molecule has 0 saturated carbocycles. The first kappa shape index (κ1) is 15.9. The van der Waals surface area contributed by atoms with Crippen molar-refractivity contribution in [2.24, 2.45) is 9.98 Å². The maximum Gasteiger partial charge on any atom is 0.284 e. The molecule has 26 heavy (non-hydrogen) atoms. The van der Waals surface area contributed by atoms with Gasteiger partial charge in [-0.25, -0.2) is 19.3 Å². The van der Waals surface area contributed by atoms with E-state index in [2.05, 4.69) is 9.98 Å². The Hall–Kier alpha value is -3.60. The van der Waals surface area contributed by atoms with Gasteiger partial charge in [0.05, 0.1) is 11.4 Å². The van der Waals surface area contributed by atoms with Crippen LogP contribution in [0.15, 0.2) is 94.9 Å². The predicted octanol–water partition coefficient (Wildman–Crippen LogP) is 4.35. The Bertz CT molecular complexity index is 996. The average molecular weight is 343 g/mol. The Kier molecular flexibility index (Phi) is 4.11. The predicted molar refractivity (Wildman–Crippen MR) is 100 cm³/mol. The van der Waals surface area contributed by atoms with E-state index in [-0.39, 0.29) is 23.4 Å². The van der Waals surface area contributed by atoms with E-state index in [1.807, 2.05) is 60.7 Å². The molecule has 1 aliphatic rings. The van der Waals surface area contributed by atoms with Crippen molar-refractivity contribution in [1.82, 2.24) is 0 Å². The zero-order chi connectivity index (χ0) is 17.9. The van der Waals surface area contributed by atoms with E-state index in [4.69, 9.17) is 0 Å². The van der Waals surface area contributed by atoms with Crippen molar-refractivity contribution in [3.63, 3.8) is 0 Å². The second-order valence-corrected chi connectivity index (χ2v) is 5.69. The van der Waals surface area contributed by atoms with Gasteiger partial charge in [-0.1, -0.05) is 36.4 Å². The van der Waals surface area contributed by atoms with Crippen LogP contribution in [0.1, 0.15) is 5.56 Å². The SMILES string of the molecule is O=C1C(c2ccc(F)cc2)=NC(=Nc2ccccc2)N1c1ccccc1. The molecule has 0 atom stereocenters. The Morgan fingerprint density at radius 1 is 0.808 bits per heavy atom. The quantitative estimate of drug-likeness (QED) is 0.697. The van der Waals surface area contributed by atoms with E-state index in [1.54, 1.807) is 12.1 Å². The van der Waals surface area contributed by atoms with Gasteiger partial charge in [-0.2, -0.15) is 0 Å². The number of rotatable bonds is 3. The number of nitrogens with zero attached hydrogens (tertiary/aromatic N) is 3. The summed E-state index contributed by atoms with van der Waals surface area (Å²) in [5.74, 6) is -0.373. The molecule has 126 valence electrons. The molecular formula is C21H14FN3O. The van der Waals surface area contributed by atoms with Gasteiger partial charge in [0.25, 0.3) is 5.91 Å². The maximum atomic E-state index is 13.2. The van der Waals surface area contributed by atoms with Crippen molar-refractivity contribution < 1.29 is 9.18 Å². The Morgan fingerprint density at radius 2 is 1.42 bits per heavy atom. The summed E-state index contributed by atoms with van der Waals surface area (Å²) in [5, 5.41) is 0. The van der Waals surface area contributed by atoms with Crippen LogP contribution in [-0.4, -0.2) is 17.6 Å². The molecular weight excluding hydrogens is 329 g/mol. The lowest BCUT2D eigenvalue weighted by molar-refractivity contribution is -0.111. The number of carbonyl (C=O) groups is 1. The number of benzene rings is 3. The first-order valence-electron chi connectivity index (χ1n) is 8.10. The minimum absolute atomic E-state index is 0.239. The molecule has 4 rings (SSSR count). The number of carbonyl (C=O) groups excluding carboxylic acids is 1. The van der Waals surface area contributed by atoms with Crippen molar-refractivity contribution in [2.45, 2.75) is 0 Å². The summed E-state index contributed by atoms with van der Waals surface area (Å²) >= 11 is 0. The van der Waals surface area contributed by atoms with E-state index in [0.717, 1.165) is 0 Å². The van der Waals surface area contributed by atoms with Gasteiger partial charge >= 0.3 is 0 Å². The summed E-state index contributed by atoms with van der Waals surface area (Å²) in [6.07, 6.45) is 0. The molecule has 0 aromatic heterocycles. The van der Waals surface area contributed by atoms with E-state index in [9.17, 15) is 9.18 Å². The van der Waals surface area contributed by atoms with Crippen LogP contribution in [0.2, 0.25) is 0 Å². The molecule has 0 aliphatic carbocycles. The molecule has 0 N–H and O–H groups in total. The topological polar surface area (TPSA) is 45.0 Å². The van der Waals surface area contributed by atoms with Crippen molar-refractivity contribution in [3.8, 4) is 0 Å². The molecule has 3 aromatic rings. The third-order valence-corrected chi connectivity index (χ3v) is 3.93. The fraction of sp³-hybridized carbons (Fsp3) is 0. The molecule has 0 spiro atoms. The average Bonchev–Trinajstić information content (AvgIpc) is 3.00. The van der Waals surface area contributed by atoms with Gasteiger partial charge in [0.2, 0.25) is 5.96 Å². The van der Waals surface area contributed by atoms with Crippen molar-refractivity contribution in [2.75, 3.05) is 4.90 Å². The summed E-state index contributed by atoms with van der Waals surface area (Å²) in [7, 11) is 0. The fourth-order valence-electron chi connectivity index (χ4n) is 2.69. The van der Waals surface area contributed by atoms with Crippen molar-refractivity contribution >= 4 is 29.0 Å². The normalized spacial score (nSPS) is 15.4. The van der Waals surface area contributed by atoms with Crippen LogP contribution in [0.3, 0.4) is 0 Å². The lowest BCUT2D eigenvalue weighted by Crippen LogP contribution is -2.33. The summed E-state index contributed by atoms with van der Waals surface area (Å²) in [5.41, 5.74) is 2.16. The Morgan fingerprint density at radius 3 is 2.08 bits per heavy atom. The van der Waals surface area contributed by atoms with E-state index in [0.29, 0.717) is 16.9 Å². The molecule has 0 unspecified atom stereocenters. The highest BCUT2D eigenvalue weighted by Crippen LogP contribution is 2.24. The number of hydrogen-bond donors (Lipinski definition) is 0.